The first-order chi connectivity index (χ1) is 15.4. The number of nitrogens with one attached hydrogen (secondary N) is 1. The van der Waals surface area contributed by atoms with Crippen molar-refractivity contribution in [1.82, 2.24) is 5.32 Å². The van der Waals surface area contributed by atoms with Crippen LogP contribution in [0.25, 0.3) is 5.70 Å². The van der Waals surface area contributed by atoms with E-state index in [4.69, 9.17) is 16.2 Å². The Bertz CT molecular complexity index is 1010. The minimum Gasteiger partial charge on any atom is -0.488 e. The molecule has 5 rings (SSSR count). The fourth-order valence-corrected chi connectivity index (χ4v) is 5.87. The van der Waals surface area contributed by atoms with Gasteiger partial charge in [-0.05, 0) is 61.6 Å². The van der Waals surface area contributed by atoms with Crippen LogP contribution in [-0.2, 0) is 6.42 Å². The molecule has 170 valence electrons. The van der Waals surface area contributed by atoms with Gasteiger partial charge in [-0.2, -0.15) is 5.26 Å². The Balaban J connectivity index is 1.60. The Labute approximate surface area is 190 Å². The fourth-order valence-electron chi connectivity index (χ4n) is 5.87. The van der Waals surface area contributed by atoms with E-state index in [1.165, 1.54) is 11.1 Å². The van der Waals surface area contributed by atoms with E-state index < -0.39 is 0 Å². The van der Waals surface area contributed by atoms with Crippen molar-refractivity contribution in [2.45, 2.75) is 64.5 Å². The molecule has 1 saturated heterocycles. The van der Waals surface area contributed by atoms with Crippen molar-refractivity contribution in [3.05, 3.63) is 28.8 Å². The van der Waals surface area contributed by atoms with Crippen LogP contribution in [0.2, 0.25) is 0 Å². The largest absolute Gasteiger partial charge is 0.488 e. The highest BCUT2D eigenvalue weighted by Gasteiger charge is 2.40. The maximum Gasteiger partial charge on any atom is 0.143 e. The molecule has 2 fully saturated rings. The summed E-state index contributed by atoms with van der Waals surface area (Å²) in [6, 6.07) is 7.06. The predicted molar refractivity (Wildman–Crippen MR) is 127 cm³/mol. The van der Waals surface area contributed by atoms with E-state index in [-0.39, 0.29) is 17.4 Å². The summed E-state index contributed by atoms with van der Waals surface area (Å²) in [5, 5.41) is 13.0. The first-order valence-corrected chi connectivity index (χ1v) is 11.9. The molecule has 1 aromatic rings. The molecule has 0 aromatic heterocycles. The normalized spacial score (nSPS) is 28.9. The number of benzene rings is 1. The number of anilines is 1. The molecule has 5 N–H and O–H groups in total. The number of aliphatic imine (C=N–C) groups is 1. The summed E-state index contributed by atoms with van der Waals surface area (Å²) in [5.74, 6) is 1.65. The molecule has 0 amide bonds. The second-order valence-electron chi connectivity index (χ2n) is 10.3. The van der Waals surface area contributed by atoms with Gasteiger partial charge in [0.1, 0.15) is 18.3 Å². The molecule has 1 saturated carbocycles. The summed E-state index contributed by atoms with van der Waals surface area (Å²) in [4.78, 5) is 6.82. The molecule has 1 unspecified atom stereocenters. The molecule has 2 aliphatic carbocycles. The summed E-state index contributed by atoms with van der Waals surface area (Å²) in [5.41, 5.74) is 18.2. The van der Waals surface area contributed by atoms with E-state index in [2.05, 4.69) is 47.3 Å². The van der Waals surface area contributed by atoms with Crippen molar-refractivity contribution < 1.29 is 4.74 Å². The molecule has 1 atom stereocenters. The molecule has 2 aliphatic heterocycles. The molecular formula is C25H34N6O. The van der Waals surface area contributed by atoms with Gasteiger partial charge in [-0.1, -0.05) is 13.8 Å². The molecule has 1 aromatic carbocycles. The first-order valence-electron chi connectivity index (χ1n) is 11.9. The summed E-state index contributed by atoms with van der Waals surface area (Å²) >= 11 is 0. The summed E-state index contributed by atoms with van der Waals surface area (Å²) in [7, 11) is 0. The van der Waals surface area contributed by atoms with Gasteiger partial charge in [0.15, 0.2) is 0 Å². The molecule has 0 spiro atoms. The summed E-state index contributed by atoms with van der Waals surface area (Å²) < 4.78 is 6.64. The quantitative estimate of drug-likeness (QED) is 0.674. The molecule has 0 radical (unpaired) electrons. The van der Waals surface area contributed by atoms with Gasteiger partial charge < -0.3 is 26.4 Å². The van der Waals surface area contributed by atoms with Gasteiger partial charge in [0, 0.05) is 30.3 Å². The topological polar surface area (TPSA) is 113 Å². The monoisotopic (exact) mass is 434 g/mol. The zero-order valence-electron chi connectivity index (χ0n) is 19.2. The highest BCUT2D eigenvalue weighted by atomic mass is 16.5. The molecular weight excluding hydrogens is 400 g/mol. The van der Waals surface area contributed by atoms with E-state index in [1.54, 1.807) is 0 Å². The minimum atomic E-state index is -0.150. The zero-order valence-corrected chi connectivity index (χ0v) is 19.2. The Kier molecular flexibility index (Phi) is 5.29. The van der Waals surface area contributed by atoms with Crippen LogP contribution in [0.4, 0.5) is 5.69 Å². The average Bonchev–Trinajstić information content (AvgIpc) is 3.23. The molecule has 7 heteroatoms. The summed E-state index contributed by atoms with van der Waals surface area (Å²) in [6.45, 7) is 6.60. The van der Waals surface area contributed by atoms with Crippen molar-refractivity contribution in [2.75, 3.05) is 24.7 Å². The van der Waals surface area contributed by atoms with Crippen LogP contribution < -0.4 is 26.4 Å². The van der Waals surface area contributed by atoms with Crippen LogP contribution in [-0.4, -0.2) is 37.7 Å². The third-order valence-electron chi connectivity index (χ3n) is 7.52. The fraction of sp³-hybridized carbons (Fsp3) is 0.600. The van der Waals surface area contributed by atoms with Crippen LogP contribution in [0.15, 0.2) is 22.7 Å². The third kappa shape index (κ3) is 3.61. The van der Waals surface area contributed by atoms with E-state index in [9.17, 15) is 5.26 Å². The Hall–Kier alpha value is -2.72. The second-order valence-corrected chi connectivity index (χ2v) is 10.3. The molecule has 4 aliphatic rings. The van der Waals surface area contributed by atoms with E-state index in [0.29, 0.717) is 18.5 Å². The number of hydrogen-bond acceptors (Lipinski definition) is 7. The van der Waals surface area contributed by atoms with E-state index >= 15 is 0 Å². The molecule has 2 heterocycles. The van der Waals surface area contributed by atoms with Gasteiger partial charge in [-0.3, -0.25) is 0 Å². The number of fused-ring (bicyclic) bond motifs is 2. The number of rotatable bonds is 3. The number of nitrogens with zero attached hydrogens (tertiary/aromatic N) is 3. The van der Waals surface area contributed by atoms with Crippen molar-refractivity contribution in [2.24, 2.45) is 27.8 Å². The molecule has 7 nitrogen and oxygen atoms in total. The van der Waals surface area contributed by atoms with Crippen molar-refractivity contribution in [3.8, 4) is 11.8 Å². The predicted octanol–water partition coefficient (Wildman–Crippen LogP) is 2.90. The molecule has 0 bridgehead atoms. The maximum absolute atomic E-state index is 9.53. The first kappa shape index (κ1) is 21.1. The van der Waals surface area contributed by atoms with Crippen LogP contribution in [0, 0.1) is 22.7 Å². The Morgan fingerprint density at radius 1 is 1.22 bits per heavy atom. The smallest absolute Gasteiger partial charge is 0.143 e. The van der Waals surface area contributed by atoms with Crippen molar-refractivity contribution >= 4 is 17.2 Å². The number of hydrogen-bond donors (Lipinski definition) is 3. The van der Waals surface area contributed by atoms with Gasteiger partial charge in [-0.15, -0.1) is 0 Å². The summed E-state index contributed by atoms with van der Waals surface area (Å²) in [6.07, 6.45) is 5.96. The van der Waals surface area contributed by atoms with Crippen LogP contribution in [0.1, 0.15) is 57.1 Å². The number of nitriles is 1. The number of nitrogens with two attached hydrogens (primary N) is 2. The lowest BCUT2D eigenvalue weighted by Crippen LogP contribution is -2.40. The third-order valence-corrected chi connectivity index (χ3v) is 7.52. The van der Waals surface area contributed by atoms with Crippen molar-refractivity contribution in [3.63, 3.8) is 0 Å². The minimum absolute atomic E-state index is 0.0633. The number of amidine groups is 1. The lowest BCUT2D eigenvalue weighted by molar-refractivity contribution is 0.147. The highest BCUT2D eigenvalue weighted by molar-refractivity contribution is 6.07. The number of ether oxygens (including phenoxy) is 1. The Morgan fingerprint density at radius 3 is 2.72 bits per heavy atom. The Morgan fingerprint density at radius 2 is 2.00 bits per heavy atom. The van der Waals surface area contributed by atoms with Gasteiger partial charge in [0.2, 0.25) is 0 Å². The van der Waals surface area contributed by atoms with Crippen LogP contribution in [0.5, 0.6) is 5.75 Å². The highest BCUT2D eigenvalue weighted by Crippen LogP contribution is 2.49. The zero-order chi connectivity index (χ0) is 22.5. The van der Waals surface area contributed by atoms with Gasteiger partial charge in [0.25, 0.3) is 0 Å². The van der Waals surface area contributed by atoms with E-state index in [0.717, 1.165) is 74.3 Å². The molecule has 32 heavy (non-hydrogen) atoms. The van der Waals surface area contributed by atoms with Gasteiger partial charge in [-0.25, -0.2) is 4.99 Å². The van der Waals surface area contributed by atoms with E-state index in [1.807, 2.05) is 0 Å². The lowest BCUT2D eigenvalue weighted by atomic mass is 9.70. The SMILES string of the molecule is CC1(C)Cc2c(ccc(OC3CCC(N)CC3)c2N2CCC(C#N)C2)C2=C1C(N)=NCN2. The van der Waals surface area contributed by atoms with Crippen LogP contribution >= 0.6 is 0 Å². The lowest BCUT2D eigenvalue weighted by Gasteiger charge is -2.40. The van der Waals surface area contributed by atoms with Gasteiger partial charge >= 0.3 is 0 Å². The van der Waals surface area contributed by atoms with Crippen molar-refractivity contribution in [1.29, 1.82) is 5.26 Å². The van der Waals surface area contributed by atoms with Crippen LogP contribution in [0.3, 0.4) is 0 Å². The van der Waals surface area contributed by atoms with Gasteiger partial charge in [0.05, 0.1) is 29.5 Å². The second kappa shape index (κ2) is 8.00. The standard InChI is InChI=1S/C25H34N6O/c1-25(2)11-19-18(22-21(25)24(28)30-14-29-22)7-8-20(32-17-5-3-16(27)4-6-17)23(19)31-10-9-15(12-26)13-31/h7-8,15-17,29H,3-6,9-11,13-14,27H2,1-2H3,(H2,28,30). The average molecular weight is 435 g/mol. The maximum atomic E-state index is 9.53.